The molecule has 0 bridgehead atoms. The summed E-state index contributed by atoms with van der Waals surface area (Å²) >= 11 is 0. The van der Waals surface area contributed by atoms with Crippen LogP contribution in [0.15, 0.2) is 12.4 Å². The van der Waals surface area contributed by atoms with Crippen molar-refractivity contribution in [2.75, 3.05) is 13.1 Å². The van der Waals surface area contributed by atoms with Crippen LogP contribution in [0.5, 0.6) is 0 Å². The minimum Gasteiger partial charge on any atom is -0.315 e. The predicted octanol–water partition coefficient (Wildman–Crippen LogP) is 1.56. The van der Waals surface area contributed by atoms with E-state index < -0.39 is 17.4 Å². The lowest BCUT2D eigenvalue weighted by Crippen LogP contribution is -2.47. The molecule has 1 N–H and O–H groups in total. The Bertz CT molecular complexity index is 461. The van der Waals surface area contributed by atoms with E-state index in [1.807, 2.05) is 6.92 Å². The van der Waals surface area contributed by atoms with Crippen molar-refractivity contribution in [3.63, 3.8) is 0 Å². The van der Waals surface area contributed by atoms with E-state index in [0.717, 1.165) is 0 Å². The lowest BCUT2D eigenvalue weighted by atomic mass is 9.79. The van der Waals surface area contributed by atoms with E-state index in [4.69, 9.17) is 0 Å². The van der Waals surface area contributed by atoms with Gasteiger partial charge in [0, 0.05) is 25.7 Å². The van der Waals surface area contributed by atoms with Gasteiger partial charge < -0.3 is 5.32 Å². The summed E-state index contributed by atoms with van der Waals surface area (Å²) in [5.41, 5.74) is -1.70. The Morgan fingerprint density at radius 3 is 2.79 bits per heavy atom. The quantitative estimate of drug-likeness (QED) is 0.907. The molecule has 2 rings (SSSR count). The van der Waals surface area contributed by atoms with E-state index in [-0.39, 0.29) is 25.9 Å². The fourth-order valence-corrected chi connectivity index (χ4v) is 2.36. The van der Waals surface area contributed by atoms with Gasteiger partial charge in [0.05, 0.1) is 6.20 Å². The molecular weight excluding hydrogens is 259 g/mol. The summed E-state index contributed by atoms with van der Waals surface area (Å²) in [6.45, 7) is 2.40. The predicted molar refractivity (Wildman–Crippen MR) is 62.6 cm³/mol. The number of halogens is 3. The van der Waals surface area contributed by atoms with Gasteiger partial charge in [0.25, 0.3) is 0 Å². The lowest BCUT2D eigenvalue weighted by Gasteiger charge is -2.29. The molecule has 1 aliphatic heterocycles. The van der Waals surface area contributed by atoms with Gasteiger partial charge in [-0.25, -0.2) is 0 Å². The maximum Gasteiger partial charge on any atom is 0.402 e. The van der Waals surface area contributed by atoms with E-state index in [9.17, 15) is 18.0 Å². The zero-order valence-corrected chi connectivity index (χ0v) is 10.6. The smallest absolute Gasteiger partial charge is 0.315 e. The molecular formula is C12H16F3N3O. The SMILES string of the molecule is CCn1cc(CC(=O)C2(C(F)(F)F)CCNC2)cn1. The molecule has 0 amide bonds. The Hall–Kier alpha value is -1.37. The van der Waals surface area contributed by atoms with Crippen LogP contribution in [-0.2, 0) is 17.8 Å². The molecule has 0 saturated carbocycles. The Balaban J connectivity index is 2.17. The number of carbonyl (C=O) groups excluding carboxylic acids is 1. The average molecular weight is 275 g/mol. The molecule has 4 nitrogen and oxygen atoms in total. The fraction of sp³-hybridized carbons (Fsp3) is 0.667. The molecule has 0 spiro atoms. The number of ketones is 1. The highest BCUT2D eigenvalue weighted by Crippen LogP contribution is 2.44. The molecule has 1 aromatic rings. The van der Waals surface area contributed by atoms with Crippen molar-refractivity contribution >= 4 is 5.78 Å². The molecule has 1 fully saturated rings. The highest BCUT2D eigenvalue weighted by Gasteiger charge is 2.60. The summed E-state index contributed by atoms with van der Waals surface area (Å²) < 4.78 is 41.1. The monoisotopic (exact) mass is 275 g/mol. The first-order valence-electron chi connectivity index (χ1n) is 6.21. The number of nitrogens with one attached hydrogen (secondary N) is 1. The van der Waals surface area contributed by atoms with E-state index >= 15 is 0 Å². The number of hydrogen-bond donors (Lipinski definition) is 1. The highest BCUT2D eigenvalue weighted by molar-refractivity contribution is 5.88. The largest absolute Gasteiger partial charge is 0.402 e. The van der Waals surface area contributed by atoms with Gasteiger partial charge in [-0.2, -0.15) is 18.3 Å². The molecule has 0 aliphatic carbocycles. The summed E-state index contributed by atoms with van der Waals surface area (Å²) in [6, 6.07) is 0. The molecule has 19 heavy (non-hydrogen) atoms. The zero-order valence-electron chi connectivity index (χ0n) is 10.6. The van der Waals surface area contributed by atoms with Crippen LogP contribution in [0, 0.1) is 5.41 Å². The molecule has 1 aromatic heterocycles. The van der Waals surface area contributed by atoms with Gasteiger partial charge in [-0.05, 0) is 25.5 Å². The maximum absolute atomic E-state index is 13.2. The zero-order chi connectivity index (χ0) is 14.1. The van der Waals surface area contributed by atoms with Crippen LogP contribution in [0.25, 0.3) is 0 Å². The first kappa shape index (κ1) is 14.0. The standard InChI is InChI=1S/C12H16F3N3O/c1-2-18-7-9(6-17-18)5-10(19)11(12(13,14)15)3-4-16-8-11/h6-7,16H,2-5,8H2,1H3. The number of carbonyl (C=O) groups is 1. The second-order valence-corrected chi connectivity index (χ2v) is 4.81. The normalized spacial score (nSPS) is 23.8. The fourth-order valence-electron chi connectivity index (χ4n) is 2.36. The molecule has 1 atom stereocenters. The van der Waals surface area contributed by atoms with Gasteiger partial charge in [0.15, 0.2) is 5.78 Å². The number of hydrogen-bond acceptors (Lipinski definition) is 3. The summed E-state index contributed by atoms with van der Waals surface area (Å²) in [5.74, 6) is -0.777. The van der Waals surface area contributed by atoms with Gasteiger partial charge in [-0.3, -0.25) is 9.48 Å². The number of nitrogens with zero attached hydrogens (tertiary/aromatic N) is 2. The Morgan fingerprint density at radius 2 is 2.32 bits per heavy atom. The summed E-state index contributed by atoms with van der Waals surface area (Å²) in [5, 5.41) is 6.61. The van der Waals surface area contributed by atoms with Gasteiger partial charge in [0.2, 0.25) is 0 Å². The number of aromatic nitrogens is 2. The minimum absolute atomic E-state index is 0.183. The van der Waals surface area contributed by atoms with Crippen molar-refractivity contribution in [2.24, 2.45) is 5.41 Å². The average Bonchev–Trinajstić information content (AvgIpc) is 2.96. The van der Waals surface area contributed by atoms with Crippen LogP contribution in [0.3, 0.4) is 0 Å². The van der Waals surface area contributed by atoms with Crippen LogP contribution < -0.4 is 5.32 Å². The first-order chi connectivity index (χ1) is 8.89. The van der Waals surface area contributed by atoms with Crippen LogP contribution in [-0.4, -0.2) is 34.8 Å². The Morgan fingerprint density at radius 1 is 1.58 bits per heavy atom. The third kappa shape index (κ3) is 2.51. The molecule has 0 radical (unpaired) electrons. The third-order valence-corrected chi connectivity index (χ3v) is 3.61. The summed E-state index contributed by atoms with van der Waals surface area (Å²) in [6.07, 6.45) is -1.84. The van der Waals surface area contributed by atoms with Crippen molar-refractivity contribution in [1.29, 1.82) is 0 Å². The second kappa shape index (κ2) is 4.96. The number of rotatable bonds is 4. The molecule has 0 aromatic carbocycles. The van der Waals surface area contributed by atoms with Crippen molar-refractivity contribution in [3.8, 4) is 0 Å². The molecule has 7 heteroatoms. The van der Waals surface area contributed by atoms with Crippen molar-refractivity contribution < 1.29 is 18.0 Å². The molecule has 2 heterocycles. The highest BCUT2D eigenvalue weighted by atomic mass is 19.4. The molecule has 1 aliphatic rings. The van der Waals surface area contributed by atoms with Gasteiger partial charge >= 0.3 is 6.18 Å². The van der Waals surface area contributed by atoms with Crippen LogP contribution >= 0.6 is 0 Å². The maximum atomic E-state index is 13.2. The number of alkyl halides is 3. The van der Waals surface area contributed by atoms with Crippen molar-refractivity contribution in [2.45, 2.75) is 32.5 Å². The second-order valence-electron chi connectivity index (χ2n) is 4.81. The summed E-state index contributed by atoms with van der Waals surface area (Å²) in [4.78, 5) is 12.1. The topological polar surface area (TPSA) is 46.9 Å². The van der Waals surface area contributed by atoms with E-state index in [0.29, 0.717) is 12.1 Å². The Kier molecular flexibility index (Phi) is 3.66. The lowest BCUT2D eigenvalue weighted by molar-refractivity contribution is -0.214. The molecule has 1 saturated heterocycles. The molecule has 106 valence electrons. The van der Waals surface area contributed by atoms with E-state index in [2.05, 4.69) is 10.4 Å². The minimum atomic E-state index is -4.51. The van der Waals surface area contributed by atoms with E-state index in [1.165, 1.54) is 6.20 Å². The van der Waals surface area contributed by atoms with Crippen molar-refractivity contribution in [3.05, 3.63) is 18.0 Å². The number of aryl methyl sites for hydroxylation is 1. The van der Waals surface area contributed by atoms with Gasteiger partial charge in [0.1, 0.15) is 5.41 Å². The van der Waals surface area contributed by atoms with Crippen molar-refractivity contribution in [1.82, 2.24) is 15.1 Å². The Labute approximate surface area is 109 Å². The van der Waals surface area contributed by atoms with Gasteiger partial charge in [-0.1, -0.05) is 0 Å². The summed E-state index contributed by atoms with van der Waals surface area (Å²) in [7, 11) is 0. The van der Waals surface area contributed by atoms with Crippen LogP contribution in [0.1, 0.15) is 18.9 Å². The third-order valence-electron chi connectivity index (χ3n) is 3.61. The van der Waals surface area contributed by atoms with Crippen LogP contribution in [0.2, 0.25) is 0 Å². The number of Topliss-reactive ketones (excluding diaryl/α,β-unsaturated/α-hetero) is 1. The first-order valence-corrected chi connectivity index (χ1v) is 6.21. The van der Waals surface area contributed by atoms with Crippen LogP contribution in [0.4, 0.5) is 13.2 Å². The molecule has 1 unspecified atom stereocenters. The van der Waals surface area contributed by atoms with Gasteiger partial charge in [-0.15, -0.1) is 0 Å². The van der Waals surface area contributed by atoms with E-state index in [1.54, 1.807) is 10.9 Å².